The summed E-state index contributed by atoms with van der Waals surface area (Å²) in [4.78, 5) is 0. The molecule has 0 aromatic heterocycles. The number of aliphatic hydroxyl groups excluding tert-OH is 2. The van der Waals surface area contributed by atoms with Crippen molar-refractivity contribution in [3.05, 3.63) is 0 Å². The molecule has 72 valence electrons. The number of methoxy groups -OCH3 is 1. The van der Waals surface area contributed by atoms with Crippen LogP contribution in [0.3, 0.4) is 0 Å². The second-order valence-corrected chi connectivity index (χ2v) is 2.87. The molecule has 0 amide bonds. The fourth-order valence-corrected chi connectivity index (χ4v) is 1.19. The van der Waals surface area contributed by atoms with E-state index in [1.165, 1.54) is 14.0 Å². The first-order chi connectivity index (χ1) is 5.57. The molecule has 0 bridgehead atoms. The number of aliphatic hydroxyl groups is 2. The average molecular weight is 180 g/mol. The molecular weight excluding hydrogens is 167 g/mol. The summed E-state index contributed by atoms with van der Waals surface area (Å²) in [7, 11) is 1.33. The smallest absolute Gasteiger partial charge is 0.186 e. The molecule has 12 heavy (non-hydrogen) atoms. The Kier molecular flexibility index (Phi) is 3.00. The van der Waals surface area contributed by atoms with Gasteiger partial charge in [-0.25, -0.2) is 4.39 Å². The first-order valence-corrected chi connectivity index (χ1v) is 3.76. The van der Waals surface area contributed by atoms with Crippen molar-refractivity contribution in [1.82, 2.24) is 0 Å². The Bertz CT molecular complexity index is 150. The maximum absolute atomic E-state index is 12.9. The molecule has 1 saturated heterocycles. The van der Waals surface area contributed by atoms with Crippen LogP contribution in [-0.4, -0.2) is 48.1 Å². The molecule has 1 rings (SSSR count). The van der Waals surface area contributed by atoms with Crippen LogP contribution in [0, 0.1) is 0 Å². The summed E-state index contributed by atoms with van der Waals surface area (Å²) in [6.07, 6.45) is -6.01. The predicted octanol–water partition coefficient (Wildman–Crippen LogP) is -0.562. The van der Waals surface area contributed by atoms with Crippen LogP contribution in [0.5, 0.6) is 0 Å². The second-order valence-electron chi connectivity index (χ2n) is 2.87. The second kappa shape index (κ2) is 3.66. The molecule has 2 N–H and O–H groups in total. The zero-order chi connectivity index (χ0) is 9.30. The van der Waals surface area contributed by atoms with Gasteiger partial charge in [0.1, 0.15) is 12.2 Å². The van der Waals surface area contributed by atoms with Gasteiger partial charge in [-0.1, -0.05) is 0 Å². The fraction of sp³-hybridized carbons (Fsp3) is 1.00. The van der Waals surface area contributed by atoms with Gasteiger partial charge in [0.15, 0.2) is 12.5 Å². The molecule has 5 atom stereocenters. The van der Waals surface area contributed by atoms with Crippen LogP contribution in [0.15, 0.2) is 0 Å². The van der Waals surface area contributed by atoms with Crippen molar-refractivity contribution in [3.63, 3.8) is 0 Å². The van der Waals surface area contributed by atoms with Gasteiger partial charge in [0.25, 0.3) is 0 Å². The third kappa shape index (κ3) is 1.59. The summed E-state index contributed by atoms with van der Waals surface area (Å²) >= 11 is 0. The summed E-state index contributed by atoms with van der Waals surface area (Å²) in [6, 6.07) is 0. The van der Waals surface area contributed by atoms with Crippen LogP contribution in [0.2, 0.25) is 0 Å². The lowest BCUT2D eigenvalue weighted by atomic mass is 10.0. The van der Waals surface area contributed by atoms with Crippen LogP contribution >= 0.6 is 0 Å². The molecule has 0 saturated carbocycles. The van der Waals surface area contributed by atoms with Crippen LogP contribution in [-0.2, 0) is 9.47 Å². The average Bonchev–Trinajstić information content (AvgIpc) is 2.08. The maximum atomic E-state index is 12.9. The van der Waals surface area contributed by atoms with Gasteiger partial charge < -0.3 is 19.7 Å². The van der Waals surface area contributed by atoms with Gasteiger partial charge in [-0.05, 0) is 6.92 Å². The van der Waals surface area contributed by atoms with Crippen molar-refractivity contribution in [2.75, 3.05) is 7.11 Å². The molecule has 0 aromatic rings. The Balaban J connectivity index is 2.63. The molecule has 1 aliphatic heterocycles. The van der Waals surface area contributed by atoms with E-state index >= 15 is 0 Å². The minimum absolute atomic E-state index is 0.756. The van der Waals surface area contributed by atoms with Crippen molar-refractivity contribution in [3.8, 4) is 0 Å². The largest absolute Gasteiger partial charge is 0.387 e. The molecule has 1 heterocycles. The van der Waals surface area contributed by atoms with Crippen molar-refractivity contribution in [2.24, 2.45) is 0 Å². The van der Waals surface area contributed by atoms with E-state index in [-0.39, 0.29) is 0 Å². The topological polar surface area (TPSA) is 58.9 Å². The first kappa shape index (κ1) is 9.85. The molecule has 0 radical (unpaired) electrons. The van der Waals surface area contributed by atoms with E-state index in [2.05, 4.69) is 0 Å². The number of hydrogen-bond donors (Lipinski definition) is 2. The highest BCUT2D eigenvalue weighted by molar-refractivity contribution is 4.87. The van der Waals surface area contributed by atoms with Gasteiger partial charge in [-0.3, -0.25) is 0 Å². The van der Waals surface area contributed by atoms with Crippen molar-refractivity contribution in [1.29, 1.82) is 0 Å². The lowest BCUT2D eigenvalue weighted by Gasteiger charge is -2.37. The Morgan fingerprint density at radius 1 is 1.33 bits per heavy atom. The summed E-state index contributed by atoms with van der Waals surface area (Å²) in [6.45, 7) is 1.48. The summed E-state index contributed by atoms with van der Waals surface area (Å²) in [5.74, 6) is 0. The van der Waals surface area contributed by atoms with Gasteiger partial charge in [-0.2, -0.15) is 0 Å². The molecule has 1 aliphatic rings. The first-order valence-electron chi connectivity index (χ1n) is 3.76. The van der Waals surface area contributed by atoms with Crippen LogP contribution in [0.1, 0.15) is 6.92 Å². The lowest BCUT2D eigenvalue weighted by molar-refractivity contribution is -0.275. The highest BCUT2D eigenvalue weighted by Crippen LogP contribution is 2.23. The summed E-state index contributed by atoms with van der Waals surface area (Å²) in [5.41, 5.74) is 0. The van der Waals surface area contributed by atoms with Crippen molar-refractivity contribution in [2.45, 2.75) is 37.7 Å². The van der Waals surface area contributed by atoms with E-state index in [9.17, 15) is 9.50 Å². The van der Waals surface area contributed by atoms with E-state index in [0.717, 1.165) is 0 Å². The van der Waals surface area contributed by atoms with Gasteiger partial charge in [0.05, 0.1) is 6.10 Å². The normalized spacial score (nSPS) is 49.2. The van der Waals surface area contributed by atoms with E-state index in [1.807, 2.05) is 0 Å². The van der Waals surface area contributed by atoms with Gasteiger partial charge in [0, 0.05) is 7.11 Å². The quantitative estimate of drug-likeness (QED) is 0.567. The molecule has 0 aromatic carbocycles. The Hall–Kier alpha value is -0.230. The van der Waals surface area contributed by atoms with Crippen LogP contribution in [0.25, 0.3) is 0 Å². The molecule has 0 unspecified atom stereocenters. The van der Waals surface area contributed by atoms with Gasteiger partial charge >= 0.3 is 0 Å². The third-order valence-corrected chi connectivity index (χ3v) is 1.98. The summed E-state index contributed by atoms with van der Waals surface area (Å²) in [5, 5.41) is 18.3. The highest BCUT2D eigenvalue weighted by atomic mass is 19.1. The molecule has 1 fully saturated rings. The minimum Gasteiger partial charge on any atom is -0.387 e. The Morgan fingerprint density at radius 3 is 2.42 bits per heavy atom. The van der Waals surface area contributed by atoms with E-state index in [1.54, 1.807) is 0 Å². The highest BCUT2D eigenvalue weighted by Gasteiger charge is 2.42. The minimum atomic E-state index is -1.56. The fourth-order valence-electron chi connectivity index (χ4n) is 1.19. The molecule has 4 nitrogen and oxygen atoms in total. The van der Waals surface area contributed by atoms with Gasteiger partial charge in [0.2, 0.25) is 0 Å². The number of hydrogen-bond acceptors (Lipinski definition) is 4. The maximum Gasteiger partial charge on any atom is 0.186 e. The molecule has 0 spiro atoms. The van der Waals surface area contributed by atoms with Gasteiger partial charge in [-0.15, -0.1) is 0 Å². The number of alkyl halides is 1. The molecule has 0 aliphatic carbocycles. The standard InChI is InChI=1S/C7H13FO4/c1-3-4(8)5(9)6(10)7(11-2)12-3/h3-7,9-10H,1-2H3/t3-,4+,5+,6+,7+/m0/s1. The third-order valence-electron chi connectivity index (χ3n) is 1.98. The van der Waals surface area contributed by atoms with Crippen molar-refractivity contribution >= 4 is 0 Å². The van der Waals surface area contributed by atoms with Crippen LogP contribution in [0.4, 0.5) is 4.39 Å². The zero-order valence-corrected chi connectivity index (χ0v) is 6.98. The Morgan fingerprint density at radius 2 is 1.92 bits per heavy atom. The number of ether oxygens (including phenoxy) is 2. The number of rotatable bonds is 1. The van der Waals surface area contributed by atoms with E-state index < -0.39 is 30.8 Å². The van der Waals surface area contributed by atoms with Crippen molar-refractivity contribution < 1.29 is 24.1 Å². The molecule has 5 heteroatoms. The van der Waals surface area contributed by atoms with Crippen LogP contribution < -0.4 is 0 Å². The number of halogens is 1. The van der Waals surface area contributed by atoms with E-state index in [0.29, 0.717) is 0 Å². The van der Waals surface area contributed by atoms with E-state index in [4.69, 9.17) is 14.6 Å². The Labute approximate surface area is 69.9 Å². The monoisotopic (exact) mass is 180 g/mol. The molecular formula is C7H13FO4. The lowest BCUT2D eigenvalue weighted by Crippen LogP contribution is -2.55. The predicted molar refractivity (Wildman–Crippen MR) is 38.3 cm³/mol. The SMILES string of the molecule is CO[C@@H]1O[C@@H](C)[C@@H](F)[C@@H](O)[C@H]1O. The summed E-state index contributed by atoms with van der Waals surface area (Å²) < 4.78 is 22.6. The zero-order valence-electron chi connectivity index (χ0n) is 6.98.